The van der Waals surface area contributed by atoms with Crippen LogP contribution >= 0.6 is 0 Å². The van der Waals surface area contributed by atoms with Crippen molar-refractivity contribution in [2.45, 2.75) is 72.4 Å². The van der Waals surface area contributed by atoms with Crippen LogP contribution in [0.1, 0.15) is 64.5 Å². The van der Waals surface area contributed by atoms with Crippen LogP contribution in [0.5, 0.6) is 5.75 Å². The molecule has 158 valence electrons. The van der Waals surface area contributed by atoms with Crippen molar-refractivity contribution in [1.82, 2.24) is 5.01 Å². The van der Waals surface area contributed by atoms with Crippen molar-refractivity contribution in [2.24, 2.45) is 15.2 Å². The summed E-state index contributed by atoms with van der Waals surface area (Å²) in [5.41, 5.74) is 6.37. The SMILES string of the molecule is CCCC(CCC)[N+]1=C2C=C(C)N=C3C(c4ccc(OC)cc4C)=NN(C(C)=N1)C32. The summed E-state index contributed by atoms with van der Waals surface area (Å²) < 4.78 is 7.65. The number of hydrazone groups is 2. The van der Waals surface area contributed by atoms with E-state index in [1.54, 1.807) is 7.11 Å². The monoisotopic (exact) mass is 406 g/mol. The van der Waals surface area contributed by atoms with Gasteiger partial charge in [-0.15, -0.1) is 0 Å². The third-order valence-corrected chi connectivity index (χ3v) is 6.01. The summed E-state index contributed by atoms with van der Waals surface area (Å²) in [5.74, 6) is 1.77. The number of methoxy groups -OCH3 is 1. The topological polar surface area (TPSA) is 52.6 Å². The minimum atomic E-state index is -0.00101. The van der Waals surface area contributed by atoms with Gasteiger partial charge < -0.3 is 4.74 Å². The van der Waals surface area contributed by atoms with Crippen LogP contribution in [0.4, 0.5) is 0 Å². The van der Waals surface area contributed by atoms with Gasteiger partial charge in [-0.1, -0.05) is 18.5 Å². The van der Waals surface area contributed by atoms with E-state index in [-0.39, 0.29) is 6.04 Å². The van der Waals surface area contributed by atoms with Crippen molar-refractivity contribution in [3.63, 3.8) is 0 Å². The molecule has 0 saturated heterocycles. The summed E-state index contributed by atoms with van der Waals surface area (Å²) in [6.07, 6.45) is 6.74. The molecule has 0 radical (unpaired) electrons. The van der Waals surface area contributed by atoms with Crippen LogP contribution in [0, 0.1) is 6.92 Å². The second kappa shape index (κ2) is 8.17. The minimum Gasteiger partial charge on any atom is -0.497 e. The van der Waals surface area contributed by atoms with E-state index in [9.17, 15) is 0 Å². The summed E-state index contributed by atoms with van der Waals surface area (Å²) in [5, 5.41) is 12.1. The predicted molar refractivity (Wildman–Crippen MR) is 123 cm³/mol. The van der Waals surface area contributed by atoms with Gasteiger partial charge in [0.2, 0.25) is 5.71 Å². The van der Waals surface area contributed by atoms with Crippen molar-refractivity contribution in [3.05, 3.63) is 41.1 Å². The number of amidine groups is 1. The molecule has 0 fully saturated rings. The van der Waals surface area contributed by atoms with Gasteiger partial charge in [-0.05, 0) is 50.5 Å². The first-order valence-electron chi connectivity index (χ1n) is 11.0. The lowest BCUT2D eigenvalue weighted by molar-refractivity contribution is -0.577. The number of ether oxygens (including phenoxy) is 1. The van der Waals surface area contributed by atoms with Crippen molar-refractivity contribution in [1.29, 1.82) is 0 Å². The van der Waals surface area contributed by atoms with Crippen molar-refractivity contribution < 1.29 is 9.42 Å². The van der Waals surface area contributed by atoms with Crippen LogP contribution in [0.3, 0.4) is 0 Å². The largest absolute Gasteiger partial charge is 0.497 e. The molecule has 6 nitrogen and oxygen atoms in total. The Bertz CT molecular complexity index is 1010. The first-order chi connectivity index (χ1) is 14.5. The lowest BCUT2D eigenvalue weighted by Gasteiger charge is -2.28. The standard InChI is InChI=1S/C24H32N5O/c1-7-9-18(10-8-2)29-21-14-16(4)25-23-22(27-28(24(21)23)17(5)26-29)20-12-11-19(30-6)13-15(20)3/h11-14,18,24H,7-10H2,1-6H3/q+1. The van der Waals surface area contributed by atoms with Gasteiger partial charge in [0, 0.05) is 42.2 Å². The van der Waals surface area contributed by atoms with E-state index in [0.29, 0.717) is 6.04 Å². The van der Waals surface area contributed by atoms with E-state index >= 15 is 0 Å². The Morgan fingerprint density at radius 3 is 2.50 bits per heavy atom. The van der Waals surface area contributed by atoms with E-state index in [2.05, 4.69) is 57.5 Å². The third-order valence-electron chi connectivity index (χ3n) is 6.01. The number of nitrogens with zero attached hydrogens (tertiary/aromatic N) is 5. The summed E-state index contributed by atoms with van der Waals surface area (Å²) in [7, 11) is 1.69. The highest BCUT2D eigenvalue weighted by Gasteiger charge is 2.49. The number of aliphatic imine (C=N–C) groups is 1. The van der Waals surface area contributed by atoms with Crippen LogP contribution in [0.15, 0.2) is 45.2 Å². The maximum absolute atomic E-state index is 5.39. The molecule has 1 unspecified atom stereocenters. The quantitative estimate of drug-likeness (QED) is 0.625. The lowest BCUT2D eigenvalue weighted by Crippen LogP contribution is -2.52. The number of allylic oxidation sites excluding steroid dienone is 1. The first-order valence-corrected chi connectivity index (χ1v) is 11.0. The zero-order valence-corrected chi connectivity index (χ0v) is 18.9. The maximum Gasteiger partial charge on any atom is 0.241 e. The minimum absolute atomic E-state index is 0.00101. The fraction of sp³-hybridized carbons (Fsp3) is 0.500. The molecule has 0 spiro atoms. The Kier molecular flexibility index (Phi) is 5.58. The summed E-state index contributed by atoms with van der Waals surface area (Å²) in [6, 6.07) is 6.53. The Labute approximate surface area is 179 Å². The van der Waals surface area contributed by atoms with Gasteiger partial charge in [-0.25, -0.2) is 5.01 Å². The summed E-state index contributed by atoms with van der Waals surface area (Å²) in [4.78, 5) is 4.96. The molecule has 0 amide bonds. The van der Waals surface area contributed by atoms with Crippen molar-refractivity contribution in [2.75, 3.05) is 7.11 Å². The van der Waals surface area contributed by atoms with Crippen molar-refractivity contribution in [3.8, 4) is 5.75 Å². The predicted octanol–water partition coefficient (Wildman–Crippen LogP) is 4.52. The molecular formula is C24H32N5O+. The Morgan fingerprint density at radius 1 is 1.13 bits per heavy atom. The molecule has 3 heterocycles. The van der Waals surface area contributed by atoms with E-state index in [0.717, 1.165) is 65.5 Å². The van der Waals surface area contributed by atoms with Gasteiger partial charge in [0.25, 0.3) is 0 Å². The first kappa shape index (κ1) is 20.5. The molecule has 0 aliphatic carbocycles. The number of hydrogen-bond acceptors (Lipinski definition) is 5. The fourth-order valence-electron chi connectivity index (χ4n) is 4.64. The molecule has 30 heavy (non-hydrogen) atoms. The third kappa shape index (κ3) is 3.38. The van der Waals surface area contributed by atoms with Crippen molar-refractivity contribution >= 4 is 23.0 Å². The molecule has 0 aromatic heterocycles. The molecule has 3 aliphatic heterocycles. The number of aryl methyl sites for hydroxylation is 1. The summed E-state index contributed by atoms with van der Waals surface area (Å²) in [6.45, 7) is 10.7. The molecule has 3 aliphatic rings. The van der Waals surface area contributed by atoms with Gasteiger partial charge in [0.1, 0.15) is 17.2 Å². The zero-order chi connectivity index (χ0) is 21.4. The number of hydrogen-bond donors (Lipinski definition) is 0. The molecule has 0 N–H and O–H groups in total. The number of benzene rings is 1. The van der Waals surface area contributed by atoms with Gasteiger partial charge in [-0.2, -0.15) is 5.10 Å². The van der Waals surface area contributed by atoms with E-state index in [4.69, 9.17) is 19.9 Å². The van der Waals surface area contributed by atoms with Gasteiger partial charge in [0.05, 0.1) is 7.11 Å². The molecule has 0 bridgehead atoms. The summed E-state index contributed by atoms with van der Waals surface area (Å²) >= 11 is 0. The Balaban J connectivity index is 1.83. The van der Waals surface area contributed by atoms with E-state index in [1.165, 1.54) is 5.71 Å². The maximum atomic E-state index is 5.39. The highest BCUT2D eigenvalue weighted by molar-refractivity contribution is 6.56. The van der Waals surface area contributed by atoms with E-state index in [1.807, 2.05) is 11.1 Å². The highest BCUT2D eigenvalue weighted by Crippen LogP contribution is 2.30. The average Bonchev–Trinajstić information content (AvgIpc) is 3.10. The van der Waals surface area contributed by atoms with Gasteiger partial charge >= 0.3 is 0 Å². The Morgan fingerprint density at radius 2 is 1.87 bits per heavy atom. The highest BCUT2D eigenvalue weighted by atomic mass is 16.5. The molecular weight excluding hydrogens is 374 g/mol. The van der Waals surface area contributed by atoms with Crippen LogP contribution < -0.4 is 4.74 Å². The van der Waals surface area contributed by atoms with E-state index < -0.39 is 0 Å². The smallest absolute Gasteiger partial charge is 0.241 e. The van der Waals surface area contributed by atoms with Gasteiger partial charge in [-0.3, -0.25) is 4.99 Å². The van der Waals surface area contributed by atoms with Crippen LogP contribution in [0.25, 0.3) is 0 Å². The Hall–Kier alpha value is -2.76. The zero-order valence-electron chi connectivity index (χ0n) is 18.9. The molecule has 6 heteroatoms. The average molecular weight is 407 g/mol. The van der Waals surface area contributed by atoms with Crippen LogP contribution in [-0.4, -0.2) is 51.9 Å². The molecule has 1 aromatic carbocycles. The molecule has 1 aromatic rings. The fourth-order valence-corrected chi connectivity index (χ4v) is 4.64. The normalized spacial score (nSPS) is 20.1. The second-order valence-corrected chi connectivity index (χ2v) is 8.31. The number of rotatable bonds is 7. The molecule has 0 saturated carbocycles. The van der Waals surface area contributed by atoms with Crippen LogP contribution in [-0.2, 0) is 0 Å². The molecule has 4 rings (SSSR count). The molecule has 1 atom stereocenters. The lowest BCUT2D eigenvalue weighted by atomic mass is 9.92. The van der Waals surface area contributed by atoms with Crippen LogP contribution in [0.2, 0.25) is 0 Å². The van der Waals surface area contributed by atoms with Gasteiger partial charge in [0.15, 0.2) is 17.9 Å². The second-order valence-electron chi connectivity index (χ2n) is 8.31.